The second-order valence-electron chi connectivity index (χ2n) is 6.39. The second kappa shape index (κ2) is 4.40. The normalized spacial score (nSPS) is 24.9. The number of hydrogen-bond donors (Lipinski definition) is 0. The van der Waals surface area contributed by atoms with Gasteiger partial charge >= 0.3 is 0 Å². The van der Waals surface area contributed by atoms with E-state index in [2.05, 4.69) is 46.4 Å². The summed E-state index contributed by atoms with van der Waals surface area (Å²) >= 11 is 0. The minimum absolute atomic E-state index is 0. The van der Waals surface area contributed by atoms with Gasteiger partial charge in [-0.1, -0.05) is 20.8 Å². The van der Waals surface area contributed by atoms with E-state index in [0.717, 1.165) is 6.04 Å². The smallest absolute Gasteiger partial charge is 0.0149 e. The van der Waals surface area contributed by atoms with Gasteiger partial charge in [-0.15, -0.1) is 12.4 Å². The molecule has 1 unspecified atom stereocenters. The van der Waals surface area contributed by atoms with Crippen molar-refractivity contribution in [1.82, 2.24) is 4.90 Å². The molecule has 0 spiro atoms. The molecule has 0 amide bonds. The summed E-state index contributed by atoms with van der Waals surface area (Å²) in [6.07, 6.45) is 2.75. The molecule has 0 bridgehead atoms. The molecule has 1 aliphatic rings. The summed E-state index contributed by atoms with van der Waals surface area (Å²) in [5.74, 6) is 0. The lowest BCUT2D eigenvalue weighted by Crippen LogP contribution is -2.49. The average molecular weight is 220 g/mol. The molecule has 86 valence electrons. The van der Waals surface area contributed by atoms with Crippen molar-refractivity contribution in [2.45, 2.75) is 66.0 Å². The van der Waals surface area contributed by atoms with Crippen LogP contribution < -0.4 is 0 Å². The molecule has 14 heavy (non-hydrogen) atoms. The van der Waals surface area contributed by atoms with Crippen molar-refractivity contribution in [2.24, 2.45) is 5.41 Å². The van der Waals surface area contributed by atoms with Crippen LogP contribution in [0.25, 0.3) is 0 Å². The molecular formula is C12H26ClN. The zero-order valence-electron chi connectivity index (χ0n) is 10.6. The molecule has 2 heteroatoms. The van der Waals surface area contributed by atoms with Crippen LogP contribution in [0.15, 0.2) is 0 Å². The summed E-state index contributed by atoms with van der Waals surface area (Å²) < 4.78 is 0. The van der Waals surface area contributed by atoms with Crippen LogP contribution in [-0.4, -0.2) is 23.0 Å². The second-order valence-corrected chi connectivity index (χ2v) is 6.39. The Hall–Kier alpha value is 0.250. The van der Waals surface area contributed by atoms with Gasteiger partial charge in [0.2, 0.25) is 0 Å². The SMILES string of the molecule is CC(C)(C)C1CCCN1C(C)(C)C.Cl. The Kier molecular flexibility index (Phi) is 4.48. The third-order valence-corrected chi connectivity index (χ3v) is 3.11. The topological polar surface area (TPSA) is 3.24 Å². The third-order valence-electron chi connectivity index (χ3n) is 3.11. The summed E-state index contributed by atoms with van der Waals surface area (Å²) in [6.45, 7) is 15.4. The molecule has 1 aliphatic heterocycles. The van der Waals surface area contributed by atoms with E-state index >= 15 is 0 Å². The van der Waals surface area contributed by atoms with E-state index in [4.69, 9.17) is 0 Å². The fourth-order valence-electron chi connectivity index (χ4n) is 2.47. The highest BCUT2D eigenvalue weighted by Gasteiger charge is 2.38. The largest absolute Gasteiger partial charge is 0.295 e. The van der Waals surface area contributed by atoms with Crippen LogP contribution in [-0.2, 0) is 0 Å². The summed E-state index contributed by atoms with van der Waals surface area (Å²) in [6, 6.07) is 0.771. The minimum Gasteiger partial charge on any atom is -0.295 e. The molecule has 0 aromatic rings. The molecule has 1 fully saturated rings. The highest BCUT2D eigenvalue weighted by atomic mass is 35.5. The maximum atomic E-state index is 2.67. The molecule has 1 heterocycles. The highest BCUT2D eigenvalue weighted by Crippen LogP contribution is 2.36. The first kappa shape index (κ1) is 14.2. The summed E-state index contributed by atoms with van der Waals surface area (Å²) in [5, 5.41) is 0. The van der Waals surface area contributed by atoms with Gasteiger partial charge in [0.25, 0.3) is 0 Å². The Bertz CT molecular complexity index is 156. The zero-order chi connectivity index (χ0) is 10.3. The van der Waals surface area contributed by atoms with Gasteiger partial charge in [0.1, 0.15) is 0 Å². The van der Waals surface area contributed by atoms with Crippen molar-refractivity contribution in [3.63, 3.8) is 0 Å². The molecule has 0 saturated carbocycles. The molecular weight excluding hydrogens is 194 g/mol. The van der Waals surface area contributed by atoms with E-state index in [-0.39, 0.29) is 12.4 Å². The molecule has 1 saturated heterocycles. The van der Waals surface area contributed by atoms with Crippen LogP contribution in [0.2, 0.25) is 0 Å². The number of hydrogen-bond acceptors (Lipinski definition) is 1. The van der Waals surface area contributed by atoms with Gasteiger partial charge < -0.3 is 0 Å². The molecule has 0 N–H and O–H groups in total. The lowest BCUT2D eigenvalue weighted by molar-refractivity contribution is 0.0582. The molecule has 1 atom stereocenters. The van der Waals surface area contributed by atoms with Crippen LogP contribution in [0, 0.1) is 5.41 Å². The number of nitrogens with zero attached hydrogens (tertiary/aromatic N) is 1. The van der Waals surface area contributed by atoms with E-state index in [1.807, 2.05) is 0 Å². The molecule has 1 nitrogen and oxygen atoms in total. The molecule has 0 radical (unpaired) electrons. The average Bonchev–Trinajstić information content (AvgIpc) is 2.27. The van der Waals surface area contributed by atoms with Crippen molar-refractivity contribution < 1.29 is 0 Å². The van der Waals surface area contributed by atoms with Crippen LogP contribution in [0.3, 0.4) is 0 Å². The monoisotopic (exact) mass is 219 g/mol. The fraction of sp³-hybridized carbons (Fsp3) is 1.00. The van der Waals surface area contributed by atoms with Crippen LogP contribution >= 0.6 is 12.4 Å². The van der Waals surface area contributed by atoms with Crippen molar-refractivity contribution in [2.75, 3.05) is 6.54 Å². The Morgan fingerprint density at radius 1 is 1.00 bits per heavy atom. The van der Waals surface area contributed by atoms with Crippen molar-refractivity contribution >= 4 is 12.4 Å². The maximum absolute atomic E-state index is 2.67. The fourth-order valence-corrected chi connectivity index (χ4v) is 2.47. The van der Waals surface area contributed by atoms with Gasteiger partial charge in [0.05, 0.1) is 0 Å². The Labute approximate surface area is 95.7 Å². The maximum Gasteiger partial charge on any atom is 0.0149 e. The van der Waals surface area contributed by atoms with Gasteiger partial charge in [0, 0.05) is 11.6 Å². The minimum atomic E-state index is 0. The standard InChI is InChI=1S/C12H25N.ClH/c1-11(2,3)10-8-7-9-13(10)12(4,5)6;/h10H,7-9H2,1-6H3;1H. The quantitative estimate of drug-likeness (QED) is 0.601. The van der Waals surface area contributed by atoms with Gasteiger partial charge in [-0.25, -0.2) is 0 Å². The van der Waals surface area contributed by atoms with E-state index in [1.54, 1.807) is 0 Å². The van der Waals surface area contributed by atoms with Crippen molar-refractivity contribution in [1.29, 1.82) is 0 Å². The summed E-state index contributed by atoms with van der Waals surface area (Å²) in [7, 11) is 0. The van der Waals surface area contributed by atoms with E-state index in [1.165, 1.54) is 19.4 Å². The van der Waals surface area contributed by atoms with Crippen LogP contribution in [0.4, 0.5) is 0 Å². The number of rotatable bonds is 0. The van der Waals surface area contributed by atoms with Crippen LogP contribution in [0.1, 0.15) is 54.4 Å². The van der Waals surface area contributed by atoms with Gasteiger partial charge in [0.15, 0.2) is 0 Å². The lowest BCUT2D eigenvalue weighted by Gasteiger charge is -2.43. The first-order valence-electron chi connectivity index (χ1n) is 5.49. The Morgan fingerprint density at radius 3 is 1.79 bits per heavy atom. The van der Waals surface area contributed by atoms with Crippen molar-refractivity contribution in [3.05, 3.63) is 0 Å². The highest BCUT2D eigenvalue weighted by molar-refractivity contribution is 5.85. The summed E-state index contributed by atoms with van der Waals surface area (Å²) in [4.78, 5) is 2.67. The first-order valence-corrected chi connectivity index (χ1v) is 5.49. The predicted molar refractivity (Wildman–Crippen MR) is 66.2 cm³/mol. The Balaban J connectivity index is 0.00000169. The van der Waals surface area contributed by atoms with E-state index in [9.17, 15) is 0 Å². The number of halogens is 1. The molecule has 1 rings (SSSR count). The molecule has 0 aliphatic carbocycles. The van der Waals surface area contributed by atoms with Crippen molar-refractivity contribution in [3.8, 4) is 0 Å². The van der Waals surface area contributed by atoms with Gasteiger partial charge in [-0.05, 0) is 45.6 Å². The van der Waals surface area contributed by atoms with E-state index < -0.39 is 0 Å². The van der Waals surface area contributed by atoms with Crippen LogP contribution in [0.5, 0.6) is 0 Å². The third kappa shape index (κ3) is 3.13. The predicted octanol–water partition coefficient (Wildman–Crippen LogP) is 3.72. The van der Waals surface area contributed by atoms with Gasteiger partial charge in [-0.2, -0.15) is 0 Å². The molecule has 0 aromatic carbocycles. The zero-order valence-corrected chi connectivity index (χ0v) is 11.4. The molecule has 0 aromatic heterocycles. The summed E-state index contributed by atoms with van der Waals surface area (Å²) in [5.41, 5.74) is 0.776. The lowest BCUT2D eigenvalue weighted by atomic mass is 9.83. The first-order chi connectivity index (χ1) is 5.73. The number of likely N-dealkylation sites (tertiary alicyclic amines) is 1. The van der Waals surface area contributed by atoms with Gasteiger partial charge in [-0.3, -0.25) is 4.90 Å². The van der Waals surface area contributed by atoms with E-state index in [0.29, 0.717) is 11.0 Å². The Morgan fingerprint density at radius 2 is 1.50 bits per heavy atom.